The highest BCUT2D eigenvalue weighted by Crippen LogP contribution is 2.13. The van der Waals surface area contributed by atoms with Gasteiger partial charge in [-0.05, 0) is 18.4 Å². The highest BCUT2D eigenvalue weighted by Gasteiger charge is 2.22. The molecule has 0 unspecified atom stereocenters. The van der Waals surface area contributed by atoms with Crippen LogP contribution >= 0.6 is 11.3 Å². The van der Waals surface area contributed by atoms with Gasteiger partial charge in [0.1, 0.15) is 11.2 Å². The van der Waals surface area contributed by atoms with Gasteiger partial charge in [0.05, 0.1) is 24.6 Å². The van der Waals surface area contributed by atoms with Crippen LogP contribution in [0.5, 0.6) is 0 Å². The number of amides is 1. The summed E-state index contributed by atoms with van der Waals surface area (Å²) in [6, 6.07) is 1.80. The molecule has 0 saturated carbocycles. The van der Waals surface area contributed by atoms with Gasteiger partial charge in [0, 0.05) is 13.1 Å². The Bertz CT molecular complexity index is 693. The lowest BCUT2D eigenvalue weighted by atomic mass is 10.3. The van der Waals surface area contributed by atoms with E-state index in [0.717, 1.165) is 0 Å². The van der Waals surface area contributed by atoms with Gasteiger partial charge >= 0.3 is 0 Å². The number of thiophene rings is 1. The molecule has 0 aromatic carbocycles. The minimum absolute atomic E-state index is 0.0341. The zero-order valence-electron chi connectivity index (χ0n) is 11.1. The summed E-state index contributed by atoms with van der Waals surface area (Å²) >= 11 is 1.35. The van der Waals surface area contributed by atoms with Crippen molar-refractivity contribution >= 4 is 27.5 Å². The molecule has 1 aliphatic rings. The number of morpholine rings is 1. The fourth-order valence-electron chi connectivity index (χ4n) is 2.28. The molecule has 0 aliphatic carbocycles. The first-order chi connectivity index (χ1) is 9.65. The lowest BCUT2D eigenvalue weighted by molar-refractivity contribution is -0.138. The summed E-state index contributed by atoms with van der Waals surface area (Å²) in [5.41, 5.74) is 0.531. The SMILES string of the molecule is C[C@@H]1CN(C(=O)Cn2cnc3ccsc3c2=O)CCO1. The van der Waals surface area contributed by atoms with Crippen LogP contribution in [0.3, 0.4) is 0 Å². The van der Waals surface area contributed by atoms with Crippen molar-refractivity contribution in [3.05, 3.63) is 28.1 Å². The average Bonchev–Trinajstić information content (AvgIpc) is 2.91. The molecule has 1 fully saturated rings. The van der Waals surface area contributed by atoms with E-state index in [4.69, 9.17) is 4.74 Å². The quantitative estimate of drug-likeness (QED) is 0.818. The van der Waals surface area contributed by atoms with E-state index >= 15 is 0 Å². The summed E-state index contributed by atoms with van der Waals surface area (Å²) in [4.78, 5) is 30.4. The molecule has 7 heteroatoms. The van der Waals surface area contributed by atoms with Crippen LogP contribution < -0.4 is 5.56 Å². The van der Waals surface area contributed by atoms with Crippen molar-refractivity contribution in [3.63, 3.8) is 0 Å². The van der Waals surface area contributed by atoms with Gasteiger partial charge in [0.2, 0.25) is 5.91 Å². The fraction of sp³-hybridized carbons (Fsp3) is 0.462. The Morgan fingerprint density at radius 2 is 2.45 bits per heavy atom. The molecule has 0 bridgehead atoms. The number of carbonyl (C=O) groups excluding carboxylic acids is 1. The van der Waals surface area contributed by atoms with Crippen LogP contribution in [0.2, 0.25) is 0 Å². The predicted octanol–water partition coefficient (Wildman–Crippen LogP) is 0.705. The van der Waals surface area contributed by atoms with E-state index in [1.165, 1.54) is 22.2 Å². The smallest absolute Gasteiger partial charge is 0.271 e. The molecule has 20 heavy (non-hydrogen) atoms. The van der Waals surface area contributed by atoms with Crippen molar-refractivity contribution in [1.29, 1.82) is 0 Å². The van der Waals surface area contributed by atoms with Gasteiger partial charge in [0.15, 0.2) is 0 Å². The van der Waals surface area contributed by atoms with Gasteiger partial charge in [-0.3, -0.25) is 14.2 Å². The predicted molar refractivity (Wildman–Crippen MR) is 75.9 cm³/mol. The Morgan fingerprint density at radius 1 is 1.60 bits per heavy atom. The average molecular weight is 293 g/mol. The summed E-state index contributed by atoms with van der Waals surface area (Å²) in [7, 11) is 0. The first-order valence-electron chi connectivity index (χ1n) is 6.47. The van der Waals surface area contributed by atoms with Gasteiger partial charge in [-0.2, -0.15) is 0 Å². The number of carbonyl (C=O) groups is 1. The molecular formula is C13H15N3O3S. The van der Waals surface area contributed by atoms with Gasteiger partial charge in [-0.25, -0.2) is 4.98 Å². The van der Waals surface area contributed by atoms with Crippen LogP contribution in [0.15, 0.2) is 22.6 Å². The van der Waals surface area contributed by atoms with Crippen molar-refractivity contribution in [3.8, 4) is 0 Å². The number of nitrogens with zero attached hydrogens (tertiary/aromatic N) is 3. The maximum absolute atomic E-state index is 12.2. The lowest BCUT2D eigenvalue weighted by Gasteiger charge is -2.31. The molecule has 1 aliphatic heterocycles. The number of aromatic nitrogens is 2. The van der Waals surface area contributed by atoms with Crippen LogP contribution in [0.4, 0.5) is 0 Å². The van der Waals surface area contributed by atoms with E-state index in [1.54, 1.807) is 11.0 Å². The molecule has 106 valence electrons. The molecular weight excluding hydrogens is 278 g/mol. The standard InChI is InChI=1S/C13H15N3O3S/c1-9-6-15(3-4-19-9)11(17)7-16-8-14-10-2-5-20-12(10)13(16)18/h2,5,8-9H,3-4,6-7H2,1H3/t9-/m1/s1. The molecule has 1 atom stereocenters. The molecule has 2 aromatic rings. The van der Waals surface area contributed by atoms with Crippen molar-refractivity contribution in [2.75, 3.05) is 19.7 Å². The van der Waals surface area contributed by atoms with E-state index in [9.17, 15) is 9.59 Å². The van der Waals surface area contributed by atoms with Gasteiger partial charge in [-0.15, -0.1) is 11.3 Å². The molecule has 6 nitrogen and oxygen atoms in total. The van der Waals surface area contributed by atoms with Gasteiger partial charge < -0.3 is 9.64 Å². The third kappa shape index (κ3) is 2.46. The fourth-order valence-corrected chi connectivity index (χ4v) is 3.07. The van der Waals surface area contributed by atoms with E-state index in [0.29, 0.717) is 29.9 Å². The second kappa shape index (κ2) is 5.34. The van der Waals surface area contributed by atoms with E-state index in [-0.39, 0.29) is 24.1 Å². The van der Waals surface area contributed by atoms with Crippen LogP contribution in [-0.4, -0.2) is 46.2 Å². The number of fused-ring (bicyclic) bond motifs is 1. The van der Waals surface area contributed by atoms with Crippen LogP contribution in [-0.2, 0) is 16.1 Å². The number of rotatable bonds is 2. The maximum atomic E-state index is 12.2. The monoisotopic (exact) mass is 293 g/mol. The van der Waals surface area contributed by atoms with Gasteiger partial charge in [-0.1, -0.05) is 0 Å². The summed E-state index contributed by atoms with van der Waals surface area (Å²) in [5, 5.41) is 1.83. The number of ether oxygens (including phenoxy) is 1. The molecule has 1 amide bonds. The van der Waals surface area contributed by atoms with Crippen molar-refractivity contribution < 1.29 is 9.53 Å². The number of hydrogen-bond donors (Lipinski definition) is 0. The third-order valence-electron chi connectivity index (χ3n) is 3.34. The van der Waals surface area contributed by atoms with Crippen molar-refractivity contribution in [2.24, 2.45) is 0 Å². The lowest BCUT2D eigenvalue weighted by Crippen LogP contribution is -2.46. The van der Waals surface area contributed by atoms with E-state index in [1.807, 2.05) is 12.3 Å². The summed E-state index contributed by atoms with van der Waals surface area (Å²) in [6.45, 7) is 3.66. The second-order valence-corrected chi connectivity index (χ2v) is 5.75. The first-order valence-corrected chi connectivity index (χ1v) is 7.35. The number of hydrogen-bond acceptors (Lipinski definition) is 5. The third-order valence-corrected chi connectivity index (χ3v) is 4.23. The Hall–Kier alpha value is -1.73. The molecule has 0 N–H and O–H groups in total. The Labute approximate surface area is 119 Å². The first kappa shape index (κ1) is 13.3. The highest BCUT2D eigenvalue weighted by atomic mass is 32.1. The minimum Gasteiger partial charge on any atom is -0.375 e. The van der Waals surface area contributed by atoms with Crippen LogP contribution in [0, 0.1) is 0 Å². The topological polar surface area (TPSA) is 64.4 Å². The Morgan fingerprint density at radius 3 is 3.25 bits per heavy atom. The van der Waals surface area contributed by atoms with Crippen molar-refractivity contribution in [2.45, 2.75) is 19.6 Å². The zero-order valence-corrected chi connectivity index (χ0v) is 11.9. The highest BCUT2D eigenvalue weighted by molar-refractivity contribution is 7.17. The normalized spacial score (nSPS) is 19.4. The minimum atomic E-state index is -0.153. The maximum Gasteiger partial charge on any atom is 0.271 e. The summed E-state index contributed by atoms with van der Waals surface area (Å²) < 4.78 is 7.38. The van der Waals surface area contributed by atoms with Crippen LogP contribution in [0.1, 0.15) is 6.92 Å². The Kier molecular flexibility index (Phi) is 3.54. The largest absolute Gasteiger partial charge is 0.375 e. The van der Waals surface area contributed by atoms with E-state index < -0.39 is 0 Å². The molecule has 3 heterocycles. The molecule has 3 rings (SSSR count). The molecule has 2 aromatic heterocycles. The summed E-state index contributed by atoms with van der Waals surface area (Å²) in [6.07, 6.45) is 1.49. The second-order valence-electron chi connectivity index (χ2n) is 4.83. The molecule has 1 saturated heterocycles. The molecule has 0 spiro atoms. The summed E-state index contributed by atoms with van der Waals surface area (Å²) in [5.74, 6) is -0.0695. The van der Waals surface area contributed by atoms with E-state index in [2.05, 4.69) is 4.98 Å². The molecule has 0 radical (unpaired) electrons. The van der Waals surface area contributed by atoms with Crippen LogP contribution in [0.25, 0.3) is 10.2 Å². The zero-order chi connectivity index (χ0) is 14.1. The van der Waals surface area contributed by atoms with Gasteiger partial charge in [0.25, 0.3) is 5.56 Å². The Balaban J connectivity index is 1.80. The van der Waals surface area contributed by atoms with Crippen molar-refractivity contribution in [1.82, 2.24) is 14.5 Å².